The summed E-state index contributed by atoms with van der Waals surface area (Å²) in [4.78, 5) is 32.5. The van der Waals surface area contributed by atoms with Crippen LogP contribution in [0.15, 0.2) is 5.10 Å². The monoisotopic (exact) mass is 213 g/mol. The SMILES string of the molecule is CN1N=C(C(=O)NCC(=O)O)CCC1=O. The predicted octanol–water partition coefficient (Wildman–Crippen LogP) is -1.20. The lowest BCUT2D eigenvalue weighted by Crippen LogP contribution is -2.39. The number of nitrogens with one attached hydrogen (secondary N) is 1. The van der Waals surface area contributed by atoms with Crippen LogP contribution in [0.5, 0.6) is 0 Å². The van der Waals surface area contributed by atoms with Crippen molar-refractivity contribution in [2.75, 3.05) is 13.6 Å². The topological polar surface area (TPSA) is 99.1 Å². The van der Waals surface area contributed by atoms with Crippen molar-refractivity contribution in [3.63, 3.8) is 0 Å². The van der Waals surface area contributed by atoms with Gasteiger partial charge in [-0.05, 0) is 0 Å². The maximum absolute atomic E-state index is 11.3. The normalized spacial score (nSPS) is 15.9. The molecule has 0 aliphatic carbocycles. The average molecular weight is 213 g/mol. The van der Waals surface area contributed by atoms with E-state index in [2.05, 4.69) is 10.4 Å². The third-order valence-corrected chi connectivity index (χ3v) is 1.87. The van der Waals surface area contributed by atoms with E-state index in [-0.39, 0.29) is 24.5 Å². The van der Waals surface area contributed by atoms with Crippen molar-refractivity contribution in [2.45, 2.75) is 12.8 Å². The lowest BCUT2D eigenvalue weighted by molar-refractivity contribution is -0.137. The van der Waals surface area contributed by atoms with E-state index < -0.39 is 18.4 Å². The van der Waals surface area contributed by atoms with Crippen LogP contribution in [-0.2, 0) is 14.4 Å². The Balaban J connectivity index is 2.57. The van der Waals surface area contributed by atoms with Gasteiger partial charge in [-0.15, -0.1) is 0 Å². The number of amides is 2. The summed E-state index contributed by atoms with van der Waals surface area (Å²) in [6.45, 7) is -0.449. The van der Waals surface area contributed by atoms with Gasteiger partial charge >= 0.3 is 5.97 Å². The molecule has 1 aliphatic rings. The Kier molecular flexibility index (Phi) is 3.37. The van der Waals surface area contributed by atoms with Crippen LogP contribution in [0.2, 0.25) is 0 Å². The van der Waals surface area contributed by atoms with Crippen LogP contribution in [-0.4, -0.2) is 47.2 Å². The van der Waals surface area contributed by atoms with E-state index in [0.29, 0.717) is 0 Å². The van der Waals surface area contributed by atoms with Gasteiger partial charge in [-0.2, -0.15) is 5.10 Å². The number of carboxylic acid groups (broad SMARTS) is 1. The Morgan fingerprint density at radius 1 is 1.53 bits per heavy atom. The number of carbonyl (C=O) groups is 3. The Hall–Kier alpha value is -1.92. The molecule has 0 radical (unpaired) electrons. The standard InChI is InChI=1S/C8H11N3O4/c1-11-6(12)3-2-5(10-11)8(15)9-4-7(13)14/h2-4H2,1H3,(H,9,15)(H,13,14). The number of hydrogen-bond acceptors (Lipinski definition) is 4. The van der Waals surface area contributed by atoms with E-state index in [9.17, 15) is 14.4 Å². The first-order valence-corrected chi connectivity index (χ1v) is 4.34. The van der Waals surface area contributed by atoms with Crippen molar-refractivity contribution in [2.24, 2.45) is 5.10 Å². The van der Waals surface area contributed by atoms with Crippen molar-refractivity contribution in [1.82, 2.24) is 10.3 Å². The number of carboxylic acids is 1. The maximum Gasteiger partial charge on any atom is 0.322 e. The Bertz CT molecular complexity index is 337. The first-order valence-electron chi connectivity index (χ1n) is 4.34. The van der Waals surface area contributed by atoms with E-state index in [0.717, 1.165) is 5.01 Å². The quantitative estimate of drug-likeness (QED) is 0.614. The highest BCUT2D eigenvalue weighted by Crippen LogP contribution is 2.06. The maximum atomic E-state index is 11.3. The zero-order chi connectivity index (χ0) is 11.4. The molecular weight excluding hydrogens is 202 g/mol. The van der Waals surface area contributed by atoms with Gasteiger partial charge in [-0.1, -0.05) is 0 Å². The van der Waals surface area contributed by atoms with Crippen LogP contribution in [0.3, 0.4) is 0 Å². The fourth-order valence-corrected chi connectivity index (χ4v) is 1.09. The minimum absolute atomic E-state index is 0.162. The molecule has 0 spiro atoms. The number of aliphatic carboxylic acids is 1. The number of nitrogens with zero attached hydrogens (tertiary/aromatic N) is 2. The molecule has 7 nitrogen and oxygen atoms in total. The highest BCUT2D eigenvalue weighted by atomic mass is 16.4. The van der Waals surface area contributed by atoms with E-state index in [1.165, 1.54) is 7.05 Å². The second kappa shape index (κ2) is 4.54. The van der Waals surface area contributed by atoms with Crippen LogP contribution >= 0.6 is 0 Å². The van der Waals surface area contributed by atoms with Crippen LogP contribution in [0.25, 0.3) is 0 Å². The van der Waals surface area contributed by atoms with E-state index in [1.54, 1.807) is 0 Å². The van der Waals surface area contributed by atoms with Crippen LogP contribution < -0.4 is 5.32 Å². The van der Waals surface area contributed by atoms with Crippen molar-refractivity contribution in [3.05, 3.63) is 0 Å². The first-order chi connectivity index (χ1) is 7.00. The molecule has 0 saturated carbocycles. The molecule has 1 rings (SSSR count). The fraction of sp³-hybridized carbons (Fsp3) is 0.500. The molecule has 0 unspecified atom stereocenters. The van der Waals surface area contributed by atoms with Crippen LogP contribution in [0, 0.1) is 0 Å². The zero-order valence-electron chi connectivity index (χ0n) is 8.19. The Morgan fingerprint density at radius 3 is 2.73 bits per heavy atom. The summed E-state index contributed by atoms with van der Waals surface area (Å²) in [5, 5.41) is 15.3. The number of hydrazone groups is 1. The summed E-state index contributed by atoms with van der Waals surface area (Å²) in [5.41, 5.74) is 0.179. The molecule has 0 bridgehead atoms. The molecule has 15 heavy (non-hydrogen) atoms. The van der Waals surface area contributed by atoms with Gasteiger partial charge in [0.05, 0.1) is 0 Å². The first kappa shape index (κ1) is 11.2. The number of rotatable bonds is 3. The third-order valence-electron chi connectivity index (χ3n) is 1.87. The smallest absolute Gasteiger partial charge is 0.322 e. The molecule has 2 N–H and O–H groups in total. The van der Waals surface area contributed by atoms with Crippen LogP contribution in [0.4, 0.5) is 0 Å². The summed E-state index contributed by atoms with van der Waals surface area (Å²) in [5.74, 6) is -1.83. The fourth-order valence-electron chi connectivity index (χ4n) is 1.09. The van der Waals surface area contributed by atoms with Gasteiger partial charge in [0.25, 0.3) is 5.91 Å². The van der Waals surface area contributed by atoms with E-state index in [4.69, 9.17) is 5.11 Å². The molecule has 0 atom stereocenters. The lowest BCUT2D eigenvalue weighted by atomic mass is 10.1. The second-order valence-corrected chi connectivity index (χ2v) is 3.04. The van der Waals surface area contributed by atoms with Crippen LogP contribution in [0.1, 0.15) is 12.8 Å². The number of carbonyl (C=O) groups excluding carboxylic acids is 2. The average Bonchev–Trinajstić information content (AvgIpc) is 2.18. The summed E-state index contributed by atoms with van der Waals surface area (Å²) in [6.07, 6.45) is 0.463. The molecule has 0 aromatic heterocycles. The van der Waals surface area contributed by atoms with Gasteiger partial charge in [-0.25, -0.2) is 5.01 Å². The molecule has 7 heteroatoms. The van der Waals surface area contributed by atoms with Crippen molar-refractivity contribution < 1.29 is 19.5 Å². The summed E-state index contributed by atoms with van der Waals surface area (Å²) < 4.78 is 0. The summed E-state index contributed by atoms with van der Waals surface area (Å²) in [6, 6.07) is 0. The highest BCUT2D eigenvalue weighted by Gasteiger charge is 2.21. The number of hydrogen-bond donors (Lipinski definition) is 2. The molecule has 0 aromatic carbocycles. The Labute approximate surface area is 85.7 Å². The predicted molar refractivity (Wildman–Crippen MR) is 50.1 cm³/mol. The largest absolute Gasteiger partial charge is 0.480 e. The molecular formula is C8H11N3O4. The molecule has 0 saturated heterocycles. The molecule has 1 aliphatic heterocycles. The van der Waals surface area contributed by atoms with E-state index in [1.807, 2.05) is 0 Å². The molecule has 1 heterocycles. The molecule has 0 aromatic rings. The summed E-state index contributed by atoms with van der Waals surface area (Å²) in [7, 11) is 1.45. The van der Waals surface area contributed by atoms with E-state index >= 15 is 0 Å². The Morgan fingerprint density at radius 2 is 2.20 bits per heavy atom. The van der Waals surface area contributed by atoms with Crippen molar-refractivity contribution in [3.8, 4) is 0 Å². The minimum Gasteiger partial charge on any atom is -0.480 e. The third kappa shape index (κ3) is 3.04. The van der Waals surface area contributed by atoms with Gasteiger partial charge in [-0.3, -0.25) is 14.4 Å². The van der Waals surface area contributed by atoms with Crippen molar-refractivity contribution in [1.29, 1.82) is 0 Å². The molecule has 82 valence electrons. The summed E-state index contributed by atoms with van der Waals surface area (Å²) >= 11 is 0. The molecule has 2 amide bonds. The minimum atomic E-state index is -1.12. The lowest BCUT2D eigenvalue weighted by Gasteiger charge is -2.18. The molecule has 0 fully saturated rings. The van der Waals surface area contributed by atoms with Crippen molar-refractivity contribution >= 4 is 23.5 Å². The van der Waals surface area contributed by atoms with Gasteiger partial charge in [0.2, 0.25) is 5.91 Å². The van der Waals surface area contributed by atoms with Gasteiger partial charge < -0.3 is 10.4 Å². The van der Waals surface area contributed by atoms with Gasteiger partial charge in [0.15, 0.2) is 0 Å². The van der Waals surface area contributed by atoms with Gasteiger partial charge in [0.1, 0.15) is 12.3 Å². The zero-order valence-corrected chi connectivity index (χ0v) is 8.19. The highest BCUT2D eigenvalue weighted by molar-refractivity contribution is 6.39. The second-order valence-electron chi connectivity index (χ2n) is 3.04. The van der Waals surface area contributed by atoms with Gasteiger partial charge in [0, 0.05) is 19.9 Å².